The van der Waals surface area contributed by atoms with Crippen LogP contribution in [0.5, 0.6) is 0 Å². The second-order valence-corrected chi connectivity index (χ2v) is 6.77. The number of nitrogens with zero attached hydrogens (tertiary/aromatic N) is 1. The normalized spacial score (nSPS) is 31.8. The third kappa shape index (κ3) is 2.22. The molecule has 92 valence electrons. The molecule has 0 amide bonds. The van der Waals surface area contributed by atoms with E-state index >= 15 is 0 Å². The molecule has 2 aliphatic rings. The van der Waals surface area contributed by atoms with E-state index in [2.05, 4.69) is 0 Å². The van der Waals surface area contributed by atoms with Crippen LogP contribution >= 0.6 is 0 Å². The zero-order chi connectivity index (χ0) is 11.9. The van der Waals surface area contributed by atoms with Gasteiger partial charge in [-0.1, -0.05) is 0 Å². The van der Waals surface area contributed by atoms with E-state index in [1.807, 2.05) is 0 Å². The van der Waals surface area contributed by atoms with E-state index in [1.165, 1.54) is 4.31 Å². The average Bonchev–Trinajstić information content (AvgIpc) is 2.84. The molecule has 16 heavy (non-hydrogen) atoms. The summed E-state index contributed by atoms with van der Waals surface area (Å²) in [7, 11) is -3.24. The summed E-state index contributed by atoms with van der Waals surface area (Å²) in [5.41, 5.74) is 0. The van der Waals surface area contributed by atoms with E-state index in [4.69, 9.17) is 5.11 Å². The fourth-order valence-corrected chi connectivity index (χ4v) is 4.47. The van der Waals surface area contributed by atoms with E-state index in [-0.39, 0.29) is 5.75 Å². The number of aliphatic carboxylic acids is 1. The highest BCUT2D eigenvalue weighted by Crippen LogP contribution is 2.34. The first kappa shape index (κ1) is 11.9. The van der Waals surface area contributed by atoms with Crippen LogP contribution in [0, 0.1) is 11.8 Å². The Kier molecular flexibility index (Phi) is 2.96. The fourth-order valence-electron chi connectivity index (χ4n) is 2.31. The molecule has 6 heteroatoms. The summed E-state index contributed by atoms with van der Waals surface area (Å²) in [5.74, 6) is -0.935. The van der Waals surface area contributed by atoms with Crippen molar-refractivity contribution in [1.82, 2.24) is 4.31 Å². The number of hydrogen-bond donors (Lipinski definition) is 1. The van der Waals surface area contributed by atoms with Gasteiger partial charge in [0.15, 0.2) is 0 Å². The van der Waals surface area contributed by atoms with Crippen LogP contribution in [0.15, 0.2) is 0 Å². The maximum atomic E-state index is 12.0. The summed E-state index contributed by atoms with van der Waals surface area (Å²) in [4.78, 5) is 10.9. The van der Waals surface area contributed by atoms with Gasteiger partial charge in [-0.25, -0.2) is 8.42 Å². The predicted molar refractivity (Wildman–Crippen MR) is 58.4 cm³/mol. The van der Waals surface area contributed by atoms with Gasteiger partial charge in [0.2, 0.25) is 10.0 Å². The summed E-state index contributed by atoms with van der Waals surface area (Å²) >= 11 is 0. The van der Waals surface area contributed by atoms with E-state index in [0.29, 0.717) is 18.9 Å². The third-order valence-corrected chi connectivity index (χ3v) is 5.64. The predicted octanol–water partition coefficient (Wildman–Crippen LogP) is 0.521. The van der Waals surface area contributed by atoms with Crippen LogP contribution in [-0.4, -0.2) is 42.1 Å². The Balaban J connectivity index is 2.07. The van der Waals surface area contributed by atoms with Crippen molar-refractivity contribution in [3.8, 4) is 0 Å². The highest BCUT2D eigenvalue weighted by Gasteiger charge is 2.43. The van der Waals surface area contributed by atoms with Gasteiger partial charge in [-0.2, -0.15) is 4.31 Å². The maximum absolute atomic E-state index is 12.0. The molecule has 1 heterocycles. The van der Waals surface area contributed by atoms with Gasteiger partial charge in [0.25, 0.3) is 0 Å². The Morgan fingerprint density at radius 3 is 2.44 bits per heavy atom. The number of carboxylic acids is 1. The quantitative estimate of drug-likeness (QED) is 0.786. The second-order valence-electron chi connectivity index (χ2n) is 4.81. The molecule has 2 atom stereocenters. The van der Waals surface area contributed by atoms with Gasteiger partial charge in [0, 0.05) is 12.6 Å². The highest BCUT2D eigenvalue weighted by atomic mass is 32.2. The molecule has 1 saturated carbocycles. The van der Waals surface area contributed by atoms with Gasteiger partial charge in [-0.05, 0) is 32.1 Å². The van der Waals surface area contributed by atoms with Gasteiger partial charge < -0.3 is 5.11 Å². The van der Waals surface area contributed by atoms with E-state index in [1.54, 1.807) is 6.92 Å². The van der Waals surface area contributed by atoms with Crippen molar-refractivity contribution in [2.45, 2.75) is 32.2 Å². The van der Waals surface area contributed by atoms with E-state index in [9.17, 15) is 13.2 Å². The zero-order valence-electron chi connectivity index (χ0n) is 9.30. The first-order chi connectivity index (χ1) is 7.42. The van der Waals surface area contributed by atoms with Crippen LogP contribution in [-0.2, 0) is 14.8 Å². The van der Waals surface area contributed by atoms with Crippen molar-refractivity contribution in [2.24, 2.45) is 11.8 Å². The van der Waals surface area contributed by atoms with Gasteiger partial charge in [-0.3, -0.25) is 4.79 Å². The summed E-state index contributed by atoms with van der Waals surface area (Å²) in [6.07, 6.45) is 2.41. The molecule has 2 unspecified atom stereocenters. The summed E-state index contributed by atoms with van der Waals surface area (Å²) < 4.78 is 25.4. The Bertz CT molecular complexity index is 388. The lowest BCUT2D eigenvalue weighted by atomic mass is 10.0. The molecule has 0 bridgehead atoms. The fraction of sp³-hybridized carbons (Fsp3) is 0.900. The van der Waals surface area contributed by atoms with Crippen molar-refractivity contribution in [2.75, 3.05) is 12.3 Å². The lowest BCUT2D eigenvalue weighted by Gasteiger charge is -2.22. The van der Waals surface area contributed by atoms with Gasteiger partial charge in [-0.15, -0.1) is 0 Å². The Hall–Kier alpha value is -0.620. The molecule has 1 aliphatic heterocycles. The van der Waals surface area contributed by atoms with Crippen molar-refractivity contribution in [1.29, 1.82) is 0 Å². The maximum Gasteiger partial charge on any atom is 0.308 e. The number of carbonyl (C=O) groups is 1. The minimum atomic E-state index is -3.24. The molecule has 1 saturated heterocycles. The molecule has 1 N–H and O–H groups in total. The SMILES string of the molecule is CC1C(C(=O)O)CCN1S(=O)(=O)CC1CC1. The molecule has 5 nitrogen and oxygen atoms in total. The number of hydrogen-bond acceptors (Lipinski definition) is 3. The molecule has 1 aliphatic carbocycles. The lowest BCUT2D eigenvalue weighted by Crippen LogP contribution is -2.39. The summed E-state index contributed by atoms with van der Waals surface area (Å²) in [5, 5.41) is 8.94. The highest BCUT2D eigenvalue weighted by molar-refractivity contribution is 7.89. The number of carboxylic acid groups (broad SMARTS) is 1. The van der Waals surface area contributed by atoms with Crippen LogP contribution in [0.25, 0.3) is 0 Å². The number of rotatable bonds is 4. The van der Waals surface area contributed by atoms with Crippen LogP contribution in [0.2, 0.25) is 0 Å². The molecule has 0 spiro atoms. The smallest absolute Gasteiger partial charge is 0.308 e. The molecular weight excluding hydrogens is 230 g/mol. The van der Waals surface area contributed by atoms with Crippen LogP contribution < -0.4 is 0 Å². The molecule has 0 aromatic rings. The first-order valence-corrected chi connectivity index (χ1v) is 7.25. The lowest BCUT2D eigenvalue weighted by molar-refractivity contribution is -0.142. The Morgan fingerprint density at radius 2 is 2.00 bits per heavy atom. The standard InChI is InChI=1S/C10H17NO4S/c1-7-9(10(12)13)4-5-11(7)16(14,15)6-8-2-3-8/h7-9H,2-6H2,1H3,(H,12,13). The summed E-state index contributed by atoms with van der Waals surface area (Å²) in [6.45, 7) is 2.05. The van der Waals surface area contributed by atoms with Gasteiger partial charge in [0.05, 0.1) is 11.7 Å². The molecular formula is C10H17NO4S. The molecule has 2 fully saturated rings. The van der Waals surface area contributed by atoms with Crippen LogP contribution in [0.3, 0.4) is 0 Å². The minimum Gasteiger partial charge on any atom is -0.481 e. The van der Waals surface area contributed by atoms with Crippen LogP contribution in [0.4, 0.5) is 0 Å². The van der Waals surface area contributed by atoms with Crippen LogP contribution in [0.1, 0.15) is 26.2 Å². The largest absolute Gasteiger partial charge is 0.481 e. The Morgan fingerprint density at radius 1 is 1.38 bits per heavy atom. The zero-order valence-corrected chi connectivity index (χ0v) is 10.1. The van der Waals surface area contributed by atoms with E-state index < -0.39 is 28.0 Å². The first-order valence-electron chi connectivity index (χ1n) is 5.64. The minimum absolute atomic E-state index is 0.198. The van der Waals surface area contributed by atoms with Gasteiger partial charge >= 0.3 is 5.97 Å². The van der Waals surface area contributed by atoms with Crippen molar-refractivity contribution in [3.63, 3.8) is 0 Å². The number of sulfonamides is 1. The van der Waals surface area contributed by atoms with Crippen molar-refractivity contribution < 1.29 is 18.3 Å². The van der Waals surface area contributed by atoms with Crippen molar-refractivity contribution >= 4 is 16.0 Å². The average molecular weight is 247 g/mol. The molecule has 0 aromatic carbocycles. The molecule has 0 aromatic heterocycles. The summed E-state index contributed by atoms with van der Waals surface area (Å²) in [6, 6.07) is -0.402. The van der Waals surface area contributed by atoms with Crippen molar-refractivity contribution in [3.05, 3.63) is 0 Å². The Labute approximate surface area is 95.5 Å². The molecule has 2 rings (SSSR count). The van der Waals surface area contributed by atoms with Gasteiger partial charge in [0.1, 0.15) is 0 Å². The topological polar surface area (TPSA) is 74.7 Å². The van der Waals surface area contributed by atoms with E-state index in [0.717, 1.165) is 12.8 Å². The second kappa shape index (κ2) is 4.00. The molecule has 0 radical (unpaired) electrons. The third-order valence-electron chi connectivity index (χ3n) is 3.51. The monoisotopic (exact) mass is 247 g/mol.